The van der Waals surface area contributed by atoms with Crippen LogP contribution in [0.1, 0.15) is 59.8 Å². The minimum atomic E-state index is -1.61. The average Bonchev–Trinajstić information content (AvgIpc) is 3.10. The monoisotopic (exact) mass is 504 g/mol. The van der Waals surface area contributed by atoms with E-state index >= 15 is 0 Å². The van der Waals surface area contributed by atoms with Gasteiger partial charge in [0.05, 0.1) is 19.3 Å². The van der Waals surface area contributed by atoms with Crippen molar-refractivity contribution in [2.75, 3.05) is 19.8 Å². The lowest BCUT2D eigenvalue weighted by atomic mass is 9.46. The molecule has 198 valence electrons. The number of hydrogen-bond acceptors (Lipinski definition) is 9. The van der Waals surface area contributed by atoms with E-state index in [0.29, 0.717) is 6.42 Å². The number of ether oxygens (including phenoxy) is 4. The third-order valence-electron chi connectivity index (χ3n) is 9.17. The van der Waals surface area contributed by atoms with Crippen LogP contribution in [0.2, 0.25) is 0 Å². The lowest BCUT2D eigenvalue weighted by molar-refractivity contribution is -0.183. The van der Waals surface area contributed by atoms with Crippen molar-refractivity contribution >= 4 is 23.9 Å². The van der Waals surface area contributed by atoms with Crippen molar-refractivity contribution in [3.8, 4) is 0 Å². The van der Waals surface area contributed by atoms with Gasteiger partial charge in [0.15, 0.2) is 18.0 Å². The summed E-state index contributed by atoms with van der Waals surface area (Å²) in [5, 5.41) is 11.6. The number of aliphatic hydroxyl groups excluding tert-OH is 1. The second-order valence-electron chi connectivity index (χ2n) is 10.8. The number of carbonyl (C=O) groups is 4. The molecule has 4 aliphatic carbocycles. The van der Waals surface area contributed by atoms with Gasteiger partial charge in [-0.3, -0.25) is 9.59 Å². The number of carbonyl (C=O) groups excluding carboxylic acids is 4. The summed E-state index contributed by atoms with van der Waals surface area (Å²) in [6.07, 6.45) is 4.98. The first-order valence-electron chi connectivity index (χ1n) is 12.8. The smallest absolute Gasteiger partial charge is 0.435 e. The van der Waals surface area contributed by atoms with Crippen LogP contribution in [0, 0.1) is 28.6 Å². The molecule has 0 aromatic rings. The molecule has 7 unspecified atom stereocenters. The molecule has 7 atom stereocenters. The molecule has 1 N–H and O–H groups in total. The first-order chi connectivity index (χ1) is 17.0. The van der Waals surface area contributed by atoms with E-state index < -0.39 is 47.2 Å². The summed E-state index contributed by atoms with van der Waals surface area (Å²) in [5.41, 5.74) is -1.94. The molecular weight excluding hydrogens is 468 g/mol. The normalized spacial score (nSPS) is 38.7. The molecule has 9 heteroatoms. The predicted octanol–water partition coefficient (Wildman–Crippen LogP) is 3.92. The second kappa shape index (κ2) is 9.65. The van der Waals surface area contributed by atoms with Crippen LogP contribution in [0.25, 0.3) is 0 Å². The lowest BCUT2D eigenvalue weighted by Gasteiger charge is -2.59. The van der Waals surface area contributed by atoms with Gasteiger partial charge in [-0.1, -0.05) is 25.5 Å². The van der Waals surface area contributed by atoms with Gasteiger partial charge in [0.25, 0.3) is 0 Å². The van der Waals surface area contributed by atoms with Crippen LogP contribution in [0.3, 0.4) is 0 Å². The quantitative estimate of drug-likeness (QED) is 0.536. The Hall–Kier alpha value is -2.68. The van der Waals surface area contributed by atoms with Gasteiger partial charge in [-0.25, -0.2) is 9.59 Å². The molecule has 0 aromatic heterocycles. The van der Waals surface area contributed by atoms with Gasteiger partial charge in [-0.2, -0.15) is 0 Å². The second-order valence-corrected chi connectivity index (χ2v) is 10.8. The molecule has 4 aliphatic rings. The molecule has 3 fully saturated rings. The summed E-state index contributed by atoms with van der Waals surface area (Å²) in [4.78, 5) is 50.0. The van der Waals surface area contributed by atoms with E-state index in [9.17, 15) is 24.3 Å². The Kier molecular flexibility index (Phi) is 7.07. The van der Waals surface area contributed by atoms with Crippen LogP contribution < -0.4 is 0 Å². The number of Topliss-reactive ketones (excluding diaryl/α,β-unsaturated/α-hetero) is 1. The molecule has 0 heterocycles. The summed E-state index contributed by atoms with van der Waals surface area (Å²) in [7, 11) is 0. The largest absolute Gasteiger partial charge is 0.509 e. The molecule has 4 rings (SSSR count). The number of hydrogen-bond donors (Lipinski definition) is 1. The van der Waals surface area contributed by atoms with E-state index in [1.165, 1.54) is 0 Å². The minimum absolute atomic E-state index is 0.0312. The fourth-order valence-corrected chi connectivity index (χ4v) is 7.69. The maximum atomic E-state index is 13.7. The molecule has 0 aromatic carbocycles. The van der Waals surface area contributed by atoms with Gasteiger partial charge in [-0.15, -0.1) is 0 Å². The lowest BCUT2D eigenvalue weighted by Crippen LogP contribution is -2.63. The summed E-state index contributed by atoms with van der Waals surface area (Å²) >= 11 is 0. The van der Waals surface area contributed by atoms with E-state index in [4.69, 9.17) is 18.9 Å². The Labute approximate surface area is 211 Å². The van der Waals surface area contributed by atoms with Crippen molar-refractivity contribution in [1.29, 1.82) is 0 Å². The van der Waals surface area contributed by atoms with Gasteiger partial charge < -0.3 is 24.1 Å². The van der Waals surface area contributed by atoms with E-state index in [0.717, 1.165) is 18.4 Å². The maximum Gasteiger partial charge on any atom is 0.509 e. The van der Waals surface area contributed by atoms with Gasteiger partial charge in [-0.05, 0) is 69.9 Å². The molecule has 3 saturated carbocycles. The SMILES string of the molecule is CCOC(=O)OCC(=O)C1(OC(=O)OCC)CCC2C3CCC4=CC(=O)C=CC4(C)C3C(O)CC21C. The van der Waals surface area contributed by atoms with E-state index in [1.807, 2.05) is 13.0 Å². The van der Waals surface area contributed by atoms with Crippen molar-refractivity contribution in [1.82, 2.24) is 0 Å². The first-order valence-corrected chi connectivity index (χ1v) is 12.8. The van der Waals surface area contributed by atoms with Crippen molar-refractivity contribution in [2.24, 2.45) is 28.6 Å². The fourth-order valence-electron chi connectivity index (χ4n) is 7.69. The molecule has 0 amide bonds. The molecule has 0 bridgehead atoms. The van der Waals surface area contributed by atoms with E-state index in [2.05, 4.69) is 6.92 Å². The maximum absolute atomic E-state index is 13.7. The van der Waals surface area contributed by atoms with Crippen LogP contribution in [0.15, 0.2) is 23.8 Å². The third kappa shape index (κ3) is 4.05. The predicted molar refractivity (Wildman–Crippen MR) is 127 cm³/mol. The highest BCUT2D eigenvalue weighted by Crippen LogP contribution is 2.67. The van der Waals surface area contributed by atoms with Crippen molar-refractivity contribution in [3.63, 3.8) is 0 Å². The Morgan fingerprint density at radius 2 is 1.75 bits per heavy atom. The molecule has 0 aliphatic heterocycles. The van der Waals surface area contributed by atoms with Crippen LogP contribution in [0.4, 0.5) is 9.59 Å². The third-order valence-corrected chi connectivity index (χ3v) is 9.17. The van der Waals surface area contributed by atoms with Crippen LogP contribution in [-0.4, -0.2) is 60.5 Å². The van der Waals surface area contributed by atoms with Crippen molar-refractivity contribution in [2.45, 2.75) is 71.5 Å². The van der Waals surface area contributed by atoms with Gasteiger partial charge in [0, 0.05) is 16.7 Å². The Morgan fingerprint density at radius 1 is 1.06 bits per heavy atom. The molecular formula is C27H36O9. The Morgan fingerprint density at radius 3 is 2.44 bits per heavy atom. The number of ketones is 2. The zero-order valence-corrected chi connectivity index (χ0v) is 21.4. The van der Waals surface area contributed by atoms with E-state index in [-0.39, 0.29) is 49.6 Å². The summed E-state index contributed by atoms with van der Waals surface area (Å²) in [6, 6.07) is 0. The Balaban J connectivity index is 1.68. The average molecular weight is 505 g/mol. The minimum Gasteiger partial charge on any atom is -0.435 e. The van der Waals surface area contributed by atoms with Crippen LogP contribution in [-0.2, 0) is 28.5 Å². The van der Waals surface area contributed by atoms with Crippen molar-refractivity contribution in [3.05, 3.63) is 23.8 Å². The molecule has 36 heavy (non-hydrogen) atoms. The standard InChI is InChI=1S/C27H36O9/c1-5-33-23(31)35-15-21(30)27(36-24(32)34-6-2)12-10-19-18-8-7-16-13-17(28)9-11-25(16,3)22(18)20(29)14-26(19,27)4/h9,11,13,18-20,22,29H,5-8,10,12,14-15H2,1-4H3. The molecule has 0 saturated heterocycles. The number of aliphatic hydroxyl groups is 1. The van der Waals surface area contributed by atoms with Crippen LogP contribution in [0.5, 0.6) is 0 Å². The number of allylic oxidation sites excluding steroid dienone is 4. The fraction of sp³-hybridized carbons (Fsp3) is 0.704. The first kappa shape index (κ1) is 26.4. The van der Waals surface area contributed by atoms with Gasteiger partial charge in [0.1, 0.15) is 0 Å². The summed E-state index contributed by atoms with van der Waals surface area (Å²) in [5.74, 6) is -0.707. The highest BCUT2D eigenvalue weighted by atomic mass is 16.7. The number of rotatable bonds is 6. The van der Waals surface area contributed by atoms with Crippen molar-refractivity contribution < 1.29 is 43.2 Å². The highest BCUT2D eigenvalue weighted by molar-refractivity contribution is 6.01. The highest BCUT2D eigenvalue weighted by Gasteiger charge is 2.70. The zero-order chi connectivity index (χ0) is 26.3. The van der Waals surface area contributed by atoms with E-state index in [1.54, 1.807) is 26.0 Å². The van der Waals surface area contributed by atoms with Gasteiger partial charge >= 0.3 is 12.3 Å². The van der Waals surface area contributed by atoms with Gasteiger partial charge in [0.2, 0.25) is 5.78 Å². The molecule has 9 nitrogen and oxygen atoms in total. The summed E-state index contributed by atoms with van der Waals surface area (Å²) in [6.45, 7) is 6.79. The molecule has 0 spiro atoms. The molecule has 0 radical (unpaired) electrons. The van der Waals surface area contributed by atoms with Crippen LogP contribution >= 0.6 is 0 Å². The topological polar surface area (TPSA) is 125 Å². The zero-order valence-electron chi connectivity index (χ0n) is 21.4. The Bertz CT molecular complexity index is 999. The number of fused-ring (bicyclic) bond motifs is 5. The summed E-state index contributed by atoms with van der Waals surface area (Å²) < 4.78 is 20.7.